The van der Waals surface area contributed by atoms with Crippen LogP contribution in [0, 0.1) is 0 Å². The molecule has 0 fully saturated rings. The van der Waals surface area contributed by atoms with Gasteiger partial charge in [-0.25, -0.2) is 8.42 Å². The predicted molar refractivity (Wildman–Crippen MR) is 326 cm³/mol. The third-order valence-corrected chi connectivity index (χ3v) is 17.1. The van der Waals surface area contributed by atoms with Crippen molar-refractivity contribution in [2.45, 2.75) is 20.2 Å². The predicted octanol–water partition coefficient (Wildman–Crippen LogP) is 19.8. The molecule has 0 N–H and O–H groups in total. The van der Waals surface area contributed by atoms with Gasteiger partial charge in [0.05, 0.1) is 0 Å². The van der Waals surface area contributed by atoms with Crippen molar-refractivity contribution in [3.05, 3.63) is 309 Å². The van der Waals surface area contributed by atoms with Gasteiger partial charge >= 0.3 is 5.51 Å². The standard InChI is InChI=1S/C72H51S.CHF3O3S/c1-10-28-52(29-11-1)61-46-64(55-34-16-4-17-35-55)70(65(47-61)56-36-18-5-19-37-56)73(71-66(57-38-20-6-21-39-57)48-62(53-30-12-2-13-31-53)49-67(71)58-40-22-7-23-41-58)72-68(59-42-24-8-25-43-59)50-63(54-32-14-3-15-33-54)51-69(72)60-44-26-9-27-45-60;2-1(3,4)8(5,6)7/h1-51H;(H,5,6,7)/q+1;/p-1. The zero-order chi connectivity index (χ0) is 55.8. The van der Waals surface area contributed by atoms with Crippen LogP contribution < -0.4 is 0 Å². The van der Waals surface area contributed by atoms with Gasteiger partial charge in [0, 0.05) is 33.4 Å². The third kappa shape index (κ3) is 11.9. The average molecular weight is 1100 g/mol. The smallest absolute Gasteiger partial charge is 0.485 e. The van der Waals surface area contributed by atoms with Gasteiger partial charge in [-0.2, -0.15) is 13.2 Å². The lowest BCUT2D eigenvalue weighted by Gasteiger charge is -2.26. The normalized spacial score (nSPS) is 11.4. The van der Waals surface area contributed by atoms with Crippen molar-refractivity contribution >= 4 is 21.0 Å². The van der Waals surface area contributed by atoms with Crippen LogP contribution in [-0.4, -0.2) is 18.5 Å². The van der Waals surface area contributed by atoms with Crippen LogP contribution in [0.1, 0.15) is 0 Å². The molecule has 12 aromatic rings. The highest BCUT2D eigenvalue weighted by Gasteiger charge is 2.44. The minimum absolute atomic E-state index is 0.881. The Hall–Kier alpha value is -9.31. The molecule has 0 saturated heterocycles. The molecule has 394 valence electrons. The van der Waals surface area contributed by atoms with E-state index in [0.29, 0.717) is 0 Å². The topological polar surface area (TPSA) is 57.2 Å². The van der Waals surface area contributed by atoms with Crippen LogP contribution >= 0.6 is 0 Å². The first kappa shape index (κ1) is 53.7. The van der Waals surface area contributed by atoms with Crippen LogP contribution in [0.3, 0.4) is 0 Å². The first-order chi connectivity index (χ1) is 39.5. The Bertz CT molecular complexity index is 3590. The number of rotatable bonds is 12. The molecule has 0 unspecified atom stereocenters. The molecule has 12 rings (SSSR count). The molecule has 0 spiro atoms. The molecule has 12 aromatic carbocycles. The number of benzene rings is 12. The van der Waals surface area contributed by atoms with Crippen molar-refractivity contribution in [2.24, 2.45) is 0 Å². The summed E-state index contributed by atoms with van der Waals surface area (Å²) in [6.45, 7) is 0. The summed E-state index contributed by atoms with van der Waals surface area (Å²) < 4.78 is 58.9. The van der Waals surface area contributed by atoms with Gasteiger partial charge in [-0.3, -0.25) is 0 Å². The van der Waals surface area contributed by atoms with Crippen LogP contribution in [0.2, 0.25) is 0 Å². The van der Waals surface area contributed by atoms with Crippen molar-refractivity contribution in [1.82, 2.24) is 0 Å². The van der Waals surface area contributed by atoms with E-state index >= 15 is 0 Å². The molecular weight excluding hydrogens is 1050 g/mol. The maximum Gasteiger partial charge on any atom is 0.485 e. The second-order valence-electron chi connectivity index (χ2n) is 19.2. The van der Waals surface area contributed by atoms with E-state index in [-0.39, 0.29) is 0 Å². The van der Waals surface area contributed by atoms with Crippen molar-refractivity contribution in [1.29, 1.82) is 0 Å². The van der Waals surface area contributed by atoms with Gasteiger partial charge in [-0.1, -0.05) is 273 Å². The lowest BCUT2D eigenvalue weighted by atomic mass is 9.92. The molecule has 0 aliphatic heterocycles. The Morgan fingerprint density at radius 1 is 0.247 bits per heavy atom. The quantitative estimate of drug-likeness (QED) is 0.0696. The van der Waals surface area contributed by atoms with Gasteiger partial charge in [0.1, 0.15) is 10.9 Å². The van der Waals surface area contributed by atoms with Crippen molar-refractivity contribution in [3.8, 4) is 100 Å². The zero-order valence-electron chi connectivity index (χ0n) is 43.6. The summed E-state index contributed by atoms with van der Waals surface area (Å²) in [6, 6.07) is 114. The van der Waals surface area contributed by atoms with Gasteiger partial charge in [0.2, 0.25) is 0 Å². The minimum atomic E-state index is -6.09. The molecule has 0 amide bonds. The Morgan fingerprint density at radius 2 is 0.383 bits per heavy atom. The summed E-state index contributed by atoms with van der Waals surface area (Å²) in [4.78, 5) is 3.79. The van der Waals surface area contributed by atoms with Gasteiger partial charge < -0.3 is 4.55 Å². The highest BCUT2D eigenvalue weighted by atomic mass is 32.2. The fraction of sp³-hybridized carbons (Fsp3) is 0.0137. The molecule has 0 aliphatic rings. The summed E-state index contributed by atoms with van der Waals surface area (Å²) in [5.74, 6) is 0. The van der Waals surface area contributed by atoms with Gasteiger partial charge in [0.15, 0.2) is 24.8 Å². The van der Waals surface area contributed by atoms with Gasteiger partial charge in [-0.05, 0) is 103 Å². The van der Waals surface area contributed by atoms with Crippen LogP contribution in [-0.2, 0) is 21.0 Å². The average Bonchev–Trinajstić information content (AvgIpc) is 3.13. The number of hydrogen-bond acceptors (Lipinski definition) is 3. The van der Waals surface area contributed by atoms with E-state index in [9.17, 15) is 13.2 Å². The Morgan fingerprint density at radius 3 is 0.519 bits per heavy atom. The minimum Gasteiger partial charge on any atom is -0.741 e. The van der Waals surface area contributed by atoms with Crippen LogP contribution in [0.4, 0.5) is 13.2 Å². The molecule has 8 heteroatoms. The van der Waals surface area contributed by atoms with Crippen LogP contribution in [0.5, 0.6) is 0 Å². The van der Waals surface area contributed by atoms with Gasteiger partial charge in [0.25, 0.3) is 0 Å². The Balaban J connectivity index is 0.000000804. The van der Waals surface area contributed by atoms with E-state index in [0.717, 1.165) is 33.4 Å². The van der Waals surface area contributed by atoms with E-state index in [1.807, 2.05) is 0 Å². The SMILES string of the molecule is O=S(=O)([O-])C(F)(F)F.c1ccc(-c2cc(-c3ccccc3)c([S+](c3c(-c4ccccc4)cc(-c4ccccc4)cc3-c3ccccc3)c3c(-c4ccccc4)cc(-c4ccccc4)cc3-c3ccccc3)c(-c3ccccc3)c2)cc1. The van der Waals surface area contributed by atoms with E-state index in [1.165, 1.54) is 81.4 Å². The number of halogens is 3. The monoisotopic (exact) mass is 1100 g/mol. The third-order valence-electron chi connectivity index (χ3n) is 14.0. The second kappa shape index (κ2) is 24.0. The summed E-state index contributed by atoms with van der Waals surface area (Å²) in [6.07, 6.45) is 0. The molecule has 0 bridgehead atoms. The van der Waals surface area contributed by atoms with E-state index in [2.05, 4.69) is 309 Å². The van der Waals surface area contributed by atoms with E-state index in [1.54, 1.807) is 0 Å². The zero-order valence-corrected chi connectivity index (χ0v) is 45.3. The van der Waals surface area contributed by atoms with Crippen molar-refractivity contribution in [2.75, 3.05) is 0 Å². The molecule has 0 atom stereocenters. The molecule has 3 nitrogen and oxygen atoms in total. The fourth-order valence-electron chi connectivity index (χ4n) is 10.2. The maximum absolute atomic E-state index is 10.7. The Labute approximate surface area is 474 Å². The lowest BCUT2D eigenvalue weighted by Crippen LogP contribution is -2.21. The van der Waals surface area contributed by atoms with Gasteiger partial charge in [-0.15, -0.1) is 0 Å². The summed E-state index contributed by atoms with van der Waals surface area (Å²) in [5.41, 5.74) is 15.5. The molecular formula is C73H51F3O3S2. The van der Waals surface area contributed by atoms with E-state index in [4.69, 9.17) is 13.0 Å². The second-order valence-corrected chi connectivity index (χ2v) is 22.4. The molecule has 0 aliphatic carbocycles. The molecule has 81 heavy (non-hydrogen) atoms. The lowest BCUT2D eigenvalue weighted by molar-refractivity contribution is -0.0517. The van der Waals surface area contributed by atoms with E-state index < -0.39 is 26.5 Å². The number of hydrogen-bond donors (Lipinski definition) is 0. The molecule has 0 heterocycles. The summed E-state index contributed by atoms with van der Waals surface area (Å²) >= 11 is 0. The number of alkyl halides is 3. The van der Waals surface area contributed by atoms with Crippen LogP contribution in [0.25, 0.3) is 100 Å². The highest BCUT2D eigenvalue weighted by Crippen LogP contribution is 2.55. The molecule has 0 aromatic heterocycles. The largest absolute Gasteiger partial charge is 0.741 e. The maximum atomic E-state index is 10.7. The fourth-order valence-corrected chi connectivity index (χ4v) is 13.2. The molecule has 0 radical (unpaired) electrons. The summed E-state index contributed by atoms with van der Waals surface area (Å²) in [7, 11) is -6.97. The summed E-state index contributed by atoms with van der Waals surface area (Å²) in [5, 5.41) is 0. The van der Waals surface area contributed by atoms with Crippen molar-refractivity contribution in [3.63, 3.8) is 0 Å². The van der Waals surface area contributed by atoms with Crippen LogP contribution in [0.15, 0.2) is 324 Å². The first-order valence-corrected chi connectivity index (χ1v) is 28.9. The molecule has 0 saturated carbocycles. The highest BCUT2D eigenvalue weighted by molar-refractivity contribution is 7.97. The van der Waals surface area contributed by atoms with Crippen molar-refractivity contribution < 1.29 is 26.1 Å². The first-order valence-electron chi connectivity index (χ1n) is 26.3. The Kier molecular flexibility index (Phi) is 15.9.